The largest absolute Gasteiger partial charge is 0.494 e. The molecular formula is C15H22Br2N2O. The third kappa shape index (κ3) is 4.45. The Bertz CT molecular complexity index is 424. The van der Waals surface area contributed by atoms with Crippen molar-refractivity contribution in [3.8, 4) is 5.75 Å². The second kappa shape index (κ2) is 7.78. The Labute approximate surface area is 138 Å². The van der Waals surface area contributed by atoms with Crippen LogP contribution < -0.4 is 10.1 Å². The fourth-order valence-corrected chi connectivity index (χ4v) is 4.22. The smallest absolute Gasteiger partial charge is 0.147 e. The lowest BCUT2D eigenvalue weighted by atomic mass is 10.2. The summed E-state index contributed by atoms with van der Waals surface area (Å²) in [5, 5.41) is 3.59. The maximum absolute atomic E-state index is 5.32. The van der Waals surface area contributed by atoms with Crippen LogP contribution in [0.1, 0.15) is 25.3 Å². The Balaban J connectivity index is 1.86. The summed E-state index contributed by atoms with van der Waals surface area (Å²) in [6, 6.07) is 4.73. The van der Waals surface area contributed by atoms with Crippen LogP contribution in [0, 0.1) is 0 Å². The van der Waals surface area contributed by atoms with Crippen molar-refractivity contribution in [2.45, 2.75) is 32.4 Å². The Morgan fingerprint density at radius 2 is 1.85 bits per heavy atom. The summed E-state index contributed by atoms with van der Waals surface area (Å²) in [6.07, 6.45) is 2.70. The quantitative estimate of drug-likeness (QED) is 0.778. The fraction of sp³-hybridized carbons (Fsp3) is 0.600. The molecule has 0 amide bonds. The molecule has 0 radical (unpaired) electrons. The van der Waals surface area contributed by atoms with Gasteiger partial charge in [0.25, 0.3) is 0 Å². The van der Waals surface area contributed by atoms with E-state index in [1.165, 1.54) is 31.5 Å². The Morgan fingerprint density at radius 1 is 1.25 bits per heavy atom. The molecule has 20 heavy (non-hydrogen) atoms. The molecule has 1 heterocycles. The van der Waals surface area contributed by atoms with Crippen LogP contribution in [-0.4, -0.2) is 37.7 Å². The van der Waals surface area contributed by atoms with Crippen molar-refractivity contribution in [2.24, 2.45) is 0 Å². The van der Waals surface area contributed by atoms with E-state index in [1.807, 2.05) is 0 Å². The van der Waals surface area contributed by atoms with E-state index >= 15 is 0 Å². The topological polar surface area (TPSA) is 24.5 Å². The number of hydrogen-bond acceptors (Lipinski definition) is 3. The summed E-state index contributed by atoms with van der Waals surface area (Å²) in [5.41, 5.74) is 1.25. The maximum atomic E-state index is 5.32. The Morgan fingerprint density at radius 3 is 2.40 bits per heavy atom. The molecule has 0 aliphatic carbocycles. The van der Waals surface area contributed by atoms with Gasteiger partial charge in [-0.2, -0.15) is 0 Å². The maximum Gasteiger partial charge on any atom is 0.147 e. The minimum atomic E-state index is 0.507. The highest BCUT2D eigenvalue weighted by Crippen LogP contribution is 2.34. The summed E-state index contributed by atoms with van der Waals surface area (Å²) < 4.78 is 7.29. The minimum Gasteiger partial charge on any atom is -0.494 e. The zero-order valence-corrected chi connectivity index (χ0v) is 15.3. The van der Waals surface area contributed by atoms with Crippen molar-refractivity contribution in [3.05, 3.63) is 26.6 Å². The van der Waals surface area contributed by atoms with E-state index in [-0.39, 0.29) is 0 Å². The number of nitrogens with zero attached hydrogens (tertiary/aromatic N) is 1. The Kier molecular flexibility index (Phi) is 6.33. The highest BCUT2D eigenvalue weighted by Gasteiger charge is 2.14. The van der Waals surface area contributed by atoms with Crippen LogP contribution in [0.25, 0.3) is 0 Å². The predicted molar refractivity (Wildman–Crippen MR) is 90.4 cm³/mol. The van der Waals surface area contributed by atoms with Crippen LogP contribution in [0.4, 0.5) is 0 Å². The van der Waals surface area contributed by atoms with Crippen LogP contribution in [0.15, 0.2) is 21.1 Å². The van der Waals surface area contributed by atoms with Crippen molar-refractivity contribution < 1.29 is 4.74 Å². The molecule has 1 aliphatic heterocycles. The molecule has 1 fully saturated rings. The van der Waals surface area contributed by atoms with Gasteiger partial charge in [-0.05, 0) is 82.4 Å². The van der Waals surface area contributed by atoms with Crippen molar-refractivity contribution in [2.75, 3.05) is 26.7 Å². The van der Waals surface area contributed by atoms with E-state index in [0.717, 1.165) is 27.8 Å². The normalized spacial score (nSPS) is 17.4. The van der Waals surface area contributed by atoms with Gasteiger partial charge in [-0.3, -0.25) is 0 Å². The molecule has 1 aromatic carbocycles. The molecule has 1 aliphatic rings. The first-order valence-corrected chi connectivity index (χ1v) is 8.66. The Hall–Kier alpha value is -0.100. The molecule has 1 N–H and O–H groups in total. The summed E-state index contributed by atoms with van der Waals surface area (Å²) in [5.74, 6) is 0.846. The fourth-order valence-electron chi connectivity index (χ4n) is 2.62. The molecule has 0 saturated carbocycles. The lowest BCUT2D eigenvalue weighted by molar-refractivity contribution is 0.298. The molecule has 5 heteroatoms. The first kappa shape index (κ1) is 16.3. The van der Waals surface area contributed by atoms with E-state index < -0.39 is 0 Å². The lowest BCUT2D eigenvalue weighted by Gasteiger charge is -2.21. The van der Waals surface area contributed by atoms with Crippen molar-refractivity contribution >= 4 is 31.9 Å². The third-order valence-corrected chi connectivity index (χ3v) is 4.83. The summed E-state index contributed by atoms with van der Waals surface area (Å²) in [7, 11) is 1.68. The van der Waals surface area contributed by atoms with E-state index in [2.05, 4.69) is 61.1 Å². The molecule has 0 spiro atoms. The molecule has 1 saturated heterocycles. The monoisotopic (exact) mass is 404 g/mol. The van der Waals surface area contributed by atoms with E-state index in [9.17, 15) is 0 Å². The molecular weight excluding hydrogens is 384 g/mol. The number of methoxy groups -OCH3 is 1. The second-order valence-electron chi connectivity index (χ2n) is 5.38. The number of halogens is 2. The number of benzene rings is 1. The molecule has 0 bridgehead atoms. The first-order chi connectivity index (χ1) is 9.60. The van der Waals surface area contributed by atoms with Crippen molar-refractivity contribution in [3.63, 3.8) is 0 Å². The molecule has 1 unspecified atom stereocenters. The van der Waals surface area contributed by atoms with Gasteiger partial charge in [-0.15, -0.1) is 0 Å². The number of hydrogen-bond donors (Lipinski definition) is 1. The molecule has 3 nitrogen and oxygen atoms in total. The average Bonchev–Trinajstić information content (AvgIpc) is 2.89. The summed E-state index contributed by atoms with van der Waals surface area (Å²) in [4.78, 5) is 2.54. The highest BCUT2D eigenvalue weighted by atomic mass is 79.9. The van der Waals surface area contributed by atoms with Crippen LogP contribution >= 0.6 is 31.9 Å². The summed E-state index contributed by atoms with van der Waals surface area (Å²) >= 11 is 7.09. The van der Waals surface area contributed by atoms with Crippen LogP contribution in [-0.2, 0) is 6.54 Å². The van der Waals surface area contributed by atoms with Crippen LogP contribution in [0.3, 0.4) is 0 Å². The van der Waals surface area contributed by atoms with Crippen molar-refractivity contribution in [1.82, 2.24) is 10.2 Å². The molecule has 1 aromatic rings. The van der Waals surface area contributed by atoms with Gasteiger partial charge >= 0.3 is 0 Å². The van der Waals surface area contributed by atoms with Gasteiger partial charge in [-0.1, -0.05) is 0 Å². The van der Waals surface area contributed by atoms with Gasteiger partial charge in [-0.25, -0.2) is 0 Å². The SMILES string of the molecule is COc1c(Br)cc(CNC(C)CN2CCCC2)cc1Br. The third-order valence-electron chi connectivity index (χ3n) is 3.65. The summed E-state index contributed by atoms with van der Waals surface area (Å²) in [6.45, 7) is 6.78. The average molecular weight is 406 g/mol. The number of ether oxygens (including phenoxy) is 1. The zero-order valence-electron chi connectivity index (χ0n) is 12.1. The lowest BCUT2D eigenvalue weighted by Crippen LogP contribution is -2.37. The number of nitrogens with one attached hydrogen (secondary N) is 1. The van der Waals surface area contributed by atoms with Crippen molar-refractivity contribution in [1.29, 1.82) is 0 Å². The second-order valence-corrected chi connectivity index (χ2v) is 7.09. The van der Waals surface area contributed by atoms with E-state index in [1.54, 1.807) is 7.11 Å². The standard InChI is InChI=1S/C15H22Br2N2O/c1-11(10-19-5-3-4-6-19)18-9-12-7-13(16)15(20-2)14(17)8-12/h7-8,11,18H,3-6,9-10H2,1-2H3. The van der Waals surface area contributed by atoms with Gasteiger partial charge < -0.3 is 15.0 Å². The van der Waals surface area contributed by atoms with Gasteiger partial charge in [0.15, 0.2) is 0 Å². The van der Waals surface area contributed by atoms with Crippen LogP contribution in [0.2, 0.25) is 0 Å². The van der Waals surface area contributed by atoms with E-state index in [0.29, 0.717) is 6.04 Å². The molecule has 112 valence electrons. The molecule has 0 aromatic heterocycles. The van der Waals surface area contributed by atoms with Gasteiger partial charge in [0.05, 0.1) is 16.1 Å². The zero-order chi connectivity index (χ0) is 14.5. The van der Waals surface area contributed by atoms with Gasteiger partial charge in [0.1, 0.15) is 5.75 Å². The minimum absolute atomic E-state index is 0.507. The molecule has 2 rings (SSSR count). The molecule has 1 atom stereocenters. The van der Waals surface area contributed by atoms with E-state index in [4.69, 9.17) is 4.74 Å². The first-order valence-electron chi connectivity index (χ1n) is 7.08. The van der Waals surface area contributed by atoms with Gasteiger partial charge in [0.2, 0.25) is 0 Å². The number of rotatable bonds is 6. The van der Waals surface area contributed by atoms with Gasteiger partial charge in [0, 0.05) is 19.1 Å². The number of likely N-dealkylation sites (tertiary alicyclic amines) is 1. The highest BCUT2D eigenvalue weighted by molar-refractivity contribution is 9.11. The van der Waals surface area contributed by atoms with Crippen LogP contribution in [0.5, 0.6) is 5.75 Å². The predicted octanol–water partition coefficient (Wildman–Crippen LogP) is 3.79.